The number of hydrogen-bond donors (Lipinski definition) is 8. The van der Waals surface area contributed by atoms with Gasteiger partial charge in [-0.15, -0.1) is 8.39 Å². The Labute approximate surface area is 137 Å². The molecule has 0 atom stereocenters. The minimum absolute atomic E-state index is 0. The maximum absolute atomic E-state index is 10.4. The van der Waals surface area contributed by atoms with Gasteiger partial charge in [0.1, 0.15) is 0 Å². The second-order valence-corrected chi connectivity index (χ2v) is 4.06. The van der Waals surface area contributed by atoms with Crippen molar-refractivity contribution >= 4 is 39.7 Å². The van der Waals surface area contributed by atoms with Gasteiger partial charge in [-0.25, -0.2) is 28.3 Å². The standard InChI is InChI=1S/2C2H2O4.2FH2O3P.Li.H/c2*3-1(4)2(5)6;2*1-5(2,3)4;;/h2*(H,3,4)(H,5,6);2*(H2,2,3,4);;/q;;;;+1;-1. The third kappa shape index (κ3) is 163. The number of carboxylic acids is 4. The third-order valence-corrected chi connectivity index (χ3v) is 0.366. The summed E-state index contributed by atoms with van der Waals surface area (Å²) in [6, 6.07) is 0. The van der Waals surface area contributed by atoms with Crippen molar-refractivity contribution in [3.8, 4) is 0 Å². The molecule has 0 saturated heterocycles. The summed E-state index contributed by atoms with van der Waals surface area (Å²) in [7, 11) is -10.3. The van der Waals surface area contributed by atoms with Gasteiger partial charge in [0.05, 0.1) is 0 Å². The molecule has 0 aromatic heterocycles. The van der Waals surface area contributed by atoms with E-state index in [1.807, 2.05) is 0 Å². The van der Waals surface area contributed by atoms with Crippen molar-refractivity contribution in [2.75, 3.05) is 0 Å². The first-order chi connectivity index (χ1) is 9.29. The van der Waals surface area contributed by atoms with E-state index < -0.39 is 39.7 Å². The normalized spacial score (nSPS) is 8.96. The van der Waals surface area contributed by atoms with Crippen LogP contribution in [0.3, 0.4) is 0 Å². The van der Waals surface area contributed by atoms with Crippen LogP contribution in [0.25, 0.3) is 0 Å². The fraction of sp³-hybridized carbons (Fsp3) is 0. The van der Waals surface area contributed by atoms with E-state index in [1.54, 1.807) is 0 Å². The molecule has 0 unspecified atom stereocenters. The minimum Gasteiger partial charge on any atom is -1.00 e. The predicted molar refractivity (Wildman–Crippen MR) is 58.0 cm³/mol. The monoisotopic (exact) mass is 388 g/mol. The summed E-state index contributed by atoms with van der Waals surface area (Å²) in [5.74, 6) is -7.30. The number of halogens is 2. The minimum atomic E-state index is -5.14. The molecule has 0 bridgehead atoms. The van der Waals surface area contributed by atoms with Crippen LogP contribution in [0.4, 0.5) is 8.39 Å². The number of carboxylic acid groups (broad SMARTS) is 4. The average molecular weight is 388 g/mol. The van der Waals surface area contributed by atoms with E-state index in [4.69, 9.17) is 68.3 Å². The van der Waals surface area contributed by atoms with Crippen LogP contribution in [-0.2, 0) is 28.3 Å². The SMILES string of the molecule is O=C(O)C(=O)O.O=C(O)C(=O)O.O=P(O)(O)F.O=P(O)(O)F.[H-].[Li+]. The molecule has 23 heavy (non-hydrogen) atoms. The molecule has 0 heterocycles. The Hall–Kier alpha value is -1.36. The molecular formula is C4H9F2LiO14P2. The first-order valence-electron chi connectivity index (χ1n) is 3.71. The molecule has 0 aliphatic carbocycles. The van der Waals surface area contributed by atoms with Crippen molar-refractivity contribution < 1.29 is 97.0 Å². The van der Waals surface area contributed by atoms with Crippen LogP contribution in [0.1, 0.15) is 1.43 Å². The number of carbonyl (C=O) groups is 4. The largest absolute Gasteiger partial charge is 1.00 e. The second-order valence-electron chi connectivity index (χ2n) is 2.17. The fourth-order valence-corrected chi connectivity index (χ4v) is 0. The van der Waals surface area contributed by atoms with Gasteiger partial charge in [-0.2, -0.15) is 0 Å². The van der Waals surface area contributed by atoms with Crippen LogP contribution >= 0.6 is 15.8 Å². The Bertz CT molecular complexity index is 401. The molecule has 0 aromatic carbocycles. The Kier molecular flexibility index (Phi) is 22.5. The summed E-state index contributed by atoms with van der Waals surface area (Å²) in [5.41, 5.74) is 0. The molecule has 19 heteroatoms. The molecule has 134 valence electrons. The van der Waals surface area contributed by atoms with Crippen LogP contribution < -0.4 is 18.9 Å². The van der Waals surface area contributed by atoms with Crippen LogP contribution in [0, 0.1) is 0 Å². The summed E-state index contributed by atoms with van der Waals surface area (Å²) in [4.78, 5) is 64.3. The Morgan fingerprint density at radius 1 is 0.609 bits per heavy atom. The predicted octanol–water partition coefficient (Wildman–Crippen LogP) is -4.48. The summed E-state index contributed by atoms with van der Waals surface area (Å²) < 4.78 is 38.0. The third-order valence-electron chi connectivity index (χ3n) is 0.366. The Balaban J connectivity index is -0.0000000439. The average Bonchev–Trinajstić information content (AvgIpc) is 2.12. The van der Waals surface area contributed by atoms with Crippen LogP contribution in [-0.4, -0.2) is 63.9 Å². The van der Waals surface area contributed by atoms with Gasteiger partial charge < -0.3 is 21.9 Å². The molecule has 0 amide bonds. The molecule has 14 nitrogen and oxygen atoms in total. The van der Waals surface area contributed by atoms with E-state index in [-0.39, 0.29) is 20.3 Å². The van der Waals surface area contributed by atoms with Crippen molar-refractivity contribution in [1.29, 1.82) is 0 Å². The zero-order valence-electron chi connectivity index (χ0n) is 11.7. The summed E-state index contributed by atoms with van der Waals surface area (Å²) >= 11 is 0. The van der Waals surface area contributed by atoms with Gasteiger partial charge in [-0.1, -0.05) is 0 Å². The molecular weight excluding hydrogens is 379 g/mol. The summed E-state index contributed by atoms with van der Waals surface area (Å²) in [6.45, 7) is 0. The first kappa shape index (κ1) is 33.3. The molecule has 8 N–H and O–H groups in total. The van der Waals surface area contributed by atoms with Crippen LogP contribution in [0.15, 0.2) is 0 Å². The van der Waals surface area contributed by atoms with Crippen molar-refractivity contribution in [1.82, 2.24) is 0 Å². The maximum atomic E-state index is 10.4. The van der Waals surface area contributed by atoms with E-state index in [9.17, 15) is 8.39 Å². The second kappa shape index (κ2) is 15.5. The first-order valence-corrected chi connectivity index (χ1v) is 6.72. The molecule has 0 aliphatic heterocycles. The van der Waals surface area contributed by atoms with Crippen LogP contribution in [0.2, 0.25) is 0 Å². The number of rotatable bonds is 0. The van der Waals surface area contributed by atoms with E-state index in [0.717, 1.165) is 0 Å². The van der Waals surface area contributed by atoms with E-state index in [2.05, 4.69) is 0 Å². The van der Waals surface area contributed by atoms with Gasteiger partial charge in [-0.05, 0) is 0 Å². The van der Waals surface area contributed by atoms with Gasteiger partial charge in [0, 0.05) is 0 Å². The molecule has 0 aliphatic rings. The van der Waals surface area contributed by atoms with Crippen molar-refractivity contribution in [3.05, 3.63) is 0 Å². The van der Waals surface area contributed by atoms with E-state index in [1.165, 1.54) is 0 Å². The zero-order valence-corrected chi connectivity index (χ0v) is 12.5. The molecule has 0 saturated carbocycles. The number of aliphatic carboxylic acids is 4. The number of hydrogen-bond acceptors (Lipinski definition) is 6. The zero-order chi connectivity index (χ0) is 19.3. The topological polar surface area (TPSA) is 264 Å². The summed E-state index contributed by atoms with van der Waals surface area (Å²) in [6.07, 6.45) is 0. The molecule has 0 aromatic rings. The van der Waals surface area contributed by atoms with Gasteiger partial charge in [-0.3, -0.25) is 19.6 Å². The maximum Gasteiger partial charge on any atom is 1.00 e. The van der Waals surface area contributed by atoms with E-state index >= 15 is 0 Å². The van der Waals surface area contributed by atoms with Crippen LogP contribution in [0.5, 0.6) is 0 Å². The van der Waals surface area contributed by atoms with Gasteiger partial charge in [0.2, 0.25) is 0 Å². The molecule has 0 spiro atoms. The Morgan fingerprint density at radius 2 is 0.652 bits per heavy atom. The molecule has 0 fully saturated rings. The van der Waals surface area contributed by atoms with Gasteiger partial charge in [0.15, 0.2) is 0 Å². The van der Waals surface area contributed by atoms with Crippen molar-refractivity contribution in [3.63, 3.8) is 0 Å². The van der Waals surface area contributed by atoms with Gasteiger partial charge >= 0.3 is 58.6 Å². The Morgan fingerprint density at radius 3 is 0.652 bits per heavy atom. The van der Waals surface area contributed by atoms with Crippen molar-refractivity contribution in [2.45, 2.75) is 0 Å². The molecule has 0 radical (unpaired) electrons. The fourth-order valence-electron chi connectivity index (χ4n) is 0. The molecule has 0 rings (SSSR count). The van der Waals surface area contributed by atoms with E-state index in [0.29, 0.717) is 0 Å². The quantitative estimate of drug-likeness (QED) is 0.110. The smallest absolute Gasteiger partial charge is 1.00 e. The van der Waals surface area contributed by atoms with Crippen molar-refractivity contribution in [2.24, 2.45) is 0 Å². The van der Waals surface area contributed by atoms with Gasteiger partial charge in [0.25, 0.3) is 0 Å². The summed E-state index contributed by atoms with van der Waals surface area (Å²) in [5, 5.41) is 29.6.